The molecule has 1 aromatic carbocycles. The topological polar surface area (TPSA) is 38.3 Å². The Bertz CT molecular complexity index is 344. The van der Waals surface area contributed by atoms with Crippen molar-refractivity contribution in [2.45, 2.75) is 19.3 Å². The molecule has 1 fully saturated rings. The third kappa shape index (κ3) is 4.19. The molecule has 1 saturated heterocycles. The first-order valence-corrected chi connectivity index (χ1v) is 6.25. The van der Waals surface area contributed by atoms with Crippen LogP contribution >= 0.6 is 0 Å². The predicted molar refractivity (Wildman–Crippen MR) is 66.7 cm³/mol. The van der Waals surface area contributed by atoms with Crippen LogP contribution in [0.1, 0.15) is 18.4 Å². The quantitative estimate of drug-likeness (QED) is 0.805. The molecule has 0 unspecified atom stereocenters. The maximum atomic E-state index is 11.6. The van der Waals surface area contributed by atoms with Crippen LogP contribution in [0.2, 0.25) is 0 Å². The second-order valence-corrected chi connectivity index (χ2v) is 4.56. The lowest BCUT2D eigenvalue weighted by Crippen LogP contribution is -2.33. The van der Waals surface area contributed by atoms with Crippen molar-refractivity contribution in [2.24, 2.45) is 5.92 Å². The smallest absolute Gasteiger partial charge is 0.310 e. The first kappa shape index (κ1) is 12.1. The number of hydrogen-bond donors (Lipinski definition) is 1. The average Bonchev–Trinajstić information content (AvgIpc) is 2.39. The highest BCUT2D eigenvalue weighted by molar-refractivity contribution is 5.72. The van der Waals surface area contributed by atoms with Crippen LogP contribution in [0, 0.1) is 5.92 Å². The Balaban J connectivity index is 1.70. The molecule has 0 radical (unpaired) electrons. The van der Waals surface area contributed by atoms with Crippen molar-refractivity contribution in [1.82, 2.24) is 5.32 Å². The second kappa shape index (κ2) is 6.40. The van der Waals surface area contributed by atoms with E-state index in [0.29, 0.717) is 18.9 Å². The molecule has 3 heteroatoms. The Morgan fingerprint density at radius 1 is 1.35 bits per heavy atom. The zero-order chi connectivity index (χ0) is 11.9. The lowest BCUT2D eigenvalue weighted by molar-refractivity contribution is -0.144. The van der Waals surface area contributed by atoms with E-state index in [-0.39, 0.29) is 5.97 Å². The molecule has 1 N–H and O–H groups in total. The van der Waals surface area contributed by atoms with E-state index in [1.54, 1.807) is 0 Å². The van der Waals surface area contributed by atoms with E-state index < -0.39 is 0 Å². The summed E-state index contributed by atoms with van der Waals surface area (Å²) in [4.78, 5) is 11.6. The summed E-state index contributed by atoms with van der Waals surface area (Å²) in [6.07, 6.45) is 2.72. The summed E-state index contributed by atoms with van der Waals surface area (Å²) in [5.41, 5.74) is 1.01. The van der Waals surface area contributed by atoms with Crippen molar-refractivity contribution in [1.29, 1.82) is 0 Å². The van der Waals surface area contributed by atoms with Crippen LogP contribution in [0.5, 0.6) is 0 Å². The Morgan fingerprint density at radius 3 is 2.88 bits per heavy atom. The van der Waals surface area contributed by atoms with Crippen LogP contribution < -0.4 is 5.32 Å². The molecule has 1 aromatic rings. The van der Waals surface area contributed by atoms with Gasteiger partial charge in [-0.25, -0.2) is 0 Å². The number of ether oxygens (including phenoxy) is 1. The Hall–Kier alpha value is -1.35. The second-order valence-electron chi connectivity index (χ2n) is 4.56. The number of benzene rings is 1. The molecule has 17 heavy (non-hydrogen) atoms. The molecule has 0 aliphatic carbocycles. The summed E-state index contributed by atoms with van der Waals surface area (Å²) in [6.45, 7) is 2.62. The highest BCUT2D eigenvalue weighted by atomic mass is 16.5. The van der Waals surface area contributed by atoms with Gasteiger partial charge in [0.2, 0.25) is 0 Å². The van der Waals surface area contributed by atoms with Crippen molar-refractivity contribution in [3.05, 3.63) is 35.9 Å². The van der Waals surface area contributed by atoms with Crippen molar-refractivity contribution < 1.29 is 9.53 Å². The van der Waals surface area contributed by atoms with Crippen molar-refractivity contribution >= 4 is 5.97 Å². The van der Waals surface area contributed by atoms with Gasteiger partial charge in [-0.05, 0) is 24.9 Å². The van der Waals surface area contributed by atoms with Crippen molar-refractivity contribution in [2.75, 3.05) is 19.7 Å². The van der Waals surface area contributed by atoms with Gasteiger partial charge in [-0.3, -0.25) is 4.79 Å². The molecule has 0 spiro atoms. The van der Waals surface area contributed by atoms with Crippen LogP contribution in [0.4, 0.5) is 0 Å². The molecule has 92 valence electrons. The van der Waals surface area contributed by atoms with Gasteiger partial charge in [-0.2, -0.15) is 0 Å². The van der Waals surface area contributed by atoms with Gasteiger partial charge >= 0.3 is 5.97 Å². The molecule has 1 aliphatic rings. The van der Waals surface area contributed by atoms with Crippen LogP contribution in [-0.4, -0.2) is 25.7 Å². The fourth-order valence-electron chi connectivity index (χ4n) is 2.09. The molecule has 0 bridgehead atoms. The van der Waals surface area contributed by atoms with Gasteiger partial charge in [0.15, 0.2) is 0 Å². The standard InChI is InChI=1S/C14H19NO2/c16-14(9-12-5-2-1-3-6-12)17-11-13-7-4-8-15-10-13/h1-3,5-6,13,15H,4,7-11H2/t13-/m1/s1. The summed E-state index contributed by atoms with van der Waals surface area (Å²) in [7, 11) is 0. The SMILES string of the molecule is O=C(Cc1ccccc1)OC[C@@H]1CCCNC1. The molecule has 1 atom stereocenters. The zero-order valence-corrected chi connectivity index (χ0v) is 10.0. The normalized spacial score (nSPS) is 19.9. The molecule has 0 saturated carbocycles. The Morgan fingerprint density at radius 2 is 2.18 bits per heavy atom. The lowest BCUT2D eigenvalue weighted by atomic mass is 10.0. The van der Waals surface area contributed by atoms with Crippen molar-refractivity contribution in [3.63, 3.8) is 0 Å². The molecule has 1 aliphatic heterocycles. The number of esters is 1. The number of nitrogens with one attached hydrogen (secondary N) is 1. The van der Waals surface area contributed by atoms with E-state index in [1.165, 1.54) is 6.42 Å². The largest absolute Gasteiger partial charge is 0.465 e. The Kier molecular flexibility index (Phi) is 4.56. The van der Waals surface area contributed by atoms with Crippen LogP contribution in [0.3, 0.4) is 0 Å². The van der Waals surface area contributed by atoms with Gasteiger partial charge in [-0.15, -0.1) is 0 Å². The minimum atomic E-state index is -0.123. The fourth-order valence-corrected chi connectivity index (χ4v) is 2.09. The van der Waals surface area contributed by atoms with E-state index in [2.05, 4.69) is 5.32 Å². The van der Waals surface area contributed by atoms with E-state index in [9.17, 15) is 4.79 Å². The summed E-state index contributed by atoms with van der Waals surface area (Å²) >= 11 is 0. The first-order valence-electron chi connectivity index (χ1n) is 6.25. The van der Waals surface area contributed by atoms with E-state index in [1.807, 2.05) is 30.3 Å². The van der Waals surface area contributed by atoms with Gasteiger partial charge in [0, 0.05) is 12.5 Å². The number of rotatable bonds is 4. The average molecular weight is 233 g/mol. The molecule has 2 rings (SSSR count). The first-order chi connectivity index (χ1) is 8.34. The highest BCUT2D eigenvalue weighted by Gasteiger charge is 2.15. The lowest BCUT2D eigenvalue weighted by Gasteiger charge is -2.22. The van der Waals surface area contributed by atoms with Crippen LogP contribution in [0.15, 0.2) is 30.3 Å². The summed E-state index contributed by atoms with van der Waals surface area (Å²) in [5, 5.41) is 3.32. The van der Waals surface area contributed by atoms with Gasteiger partial charge in [-0.1, -0.05) is 30.3 Å². The van der Waals surface area contributed by atoms with Crippen LogP contribution in [-0.2, 0) is 16.0 Å². The summed E-state index contributed by atoms with van der Waals surface area (Å²) in [5.74, 6) is 0.366. The summed E-state index contributed by atoms with van der Waals surface area (Å²) in [6, 6.07) is 9.72. The molecule has 3 nitrogen and oxygen atoms in total. The number of carbonyl (C=O) groups excluding carboxylic acids is 1. The minimum absolute atomic E-state index is 0.123. The molecular weight excluding hydrogens is 214 g/mol. The van der Waals surface area contributed by atoms with Crippen LogP contribution in [0.25, 0.3) is 0 Å². The number of piperidine rings is 1. The summed E-state index contributed by atoms with van der Waals surface area (Å²) < 4.78 is 5.31. The molecule has 0 amide bonds. The molecular formula is C14H19NO2. The number of carbonyl (C=O) groups is 1. The van der Waals surface area contributed by atoms with E-state index in [0.717, 1.165) is 25.1 Å². The monoisotopic (exact) mass is 233 g/mol. The van der Waals surface area contributed by atoms with E-state index >= 15 is 0 Å². The van der Waals surface area contributed by atoms with Gasteiger partial charge < -0.3 is 10.1 Å². The zero-order valence-electron chi connectivity index (χ0n) is 10.0. The maximum Gasteiger partial charge on any atom is 0.310 e. The van der Waals surface area contributed by atoms with Gasteiger partial charge in [0.1, 0.15) is 0 Å². The third-order valence-electron chi connectivity index (χ3n) is 3.07. The minimum Gasteiger partial charge on any atom is -0.465 e. The fraction of sp³-hybridized carbons (Fsp3) is 0.500. The molecule has 0 aromatic heterocycles. The van der Waals surface area contributed by atoms with Gasteiger partial charge in [0.25, 0.3) is 0 Å². The van der Waals surface area contributed by atoms with Crippen molar-refractivity contribution in [3.8, 4) is 0 Å². The number of hydrogen-bond acceptors (Lipinski definition) is 3. The predicted octanol–water partition coefficient (Wildman–Crippen LogP) is 1.77. The third-order valence-corrected chi connectivity index (χ3v) is 3.07. The maximum absolute atomic E-state index is 11.6. The van der Waals surface area contributed by atoms with Gasteiger partial charge in [0.05, 0.1) is 13.0 Å². The molecule has 1 heterocycles. The Labute approximate surface area is 102 Å². The van der Waals surface area contributed by atoms with E-state index in [4.69, 9.17) is 4.74 Å². The highest BCUT2D eigenvalue weighted by Crippen LogP contribution is 2.10.